The van der Waals surface area contributed by atoms with Crippen molar-refractivity contribution >= 4 is 10.0 Å². The fourth-order valence-electron chi connectivity index (χ4n) is 2.29. The minimum atomic E-state index is -3.27. The Morgan fingerprint density at radius 2 is 1.85 bits per heavy atom. The third-order valence-corrected chi connectivity index (χ3v) is 5.37. The molecule has 1 heterocycles. The molecule has 0 radical (unpaired) electrons. The molecule has 5 nitrogen and oxygen atoms in total. The van der Waals surface area contributed by atoms with E-state index >= 15 is 0 Å². The summed E-state index contributed by atoms with van der Waals surface area (Å²) in [6, 6.07) is 3.74. The molecule has 0 atom stereocenters. The van der Waals surface area contributed by atoms with Crippen LogP contribution in [-0.4, -0.2) is 42.6 Å². The molecule has 1 aromatic rings. The van der Waals surface area contributed by atoms with Crippen molar-refractivity contribution in [3.8, 4) is 0 Å². The standard InChI is InChI=1S/C14H25N3O2S/c1-3-14(4-2)17(11-8-15)20(18,19)12-7-13-5-9-16-10-6-13/h5-6,9-10,14H,3-4,7-8,11-12,15H2,1-2H3. The fraction of sp³-hybridized carbons (Fsp3) is 0.643. The predicted molar refractivity (Wildman–Crippen MR) is 81.9 cm³/mol. The van der Waals surface area contributed by atoms with Gasteiger partial charge < -0.3 is 5.73 Å². The van der Waals surface area contributed by atoms with Crippen molar-refractivity contribution in [3.63, 3.8) is 0 Å². The molecule has 114 valence electrons. The third-order valence-electron chi connectivity index (χ3n) is 3.45. The van der Waals surface area contributed by atoms with E-state index in [2.05, 4.69) is 4.98 Å². The first-order valence-electron chi connectivity index (χ1n) is 7.13. The highest BCUT2D eigenvalue weighted by Crippen LogP contribution is 2.15. The van der Waals surface area contributed by atoms with Crippen molar-refractivity contribution in [1.29, 1.82) is 0 Å². The van der Waals surface area contributed by atoms with E-state index in [4.69, 9.17) is 5.73 Å². The molecule has 0 bridgehead atoms. The van der Waals surface area contributed by atoms with E-state index in [1.807, 2.05) is 26.0 Å². The number of pyridine rings is 1. The molecule has 0 aliphatic heterocycles. The zero-order valence-electron chi connectivity index (χ0n) is 12.3. The molecule has 0 aliphatic rings. The molecule has 6 heteroatoms. The van der Waals surface area contributed by atoms with Gasteiger partial charge in [0, 0.05) is 31.5 Å². The fourth-order valence-corrected chi connectivity index (χ4v) is 4.15. The molecule has 0 fully saturated rings. The van der Waals surface area contributed by atoms with Crippen molar-refractivity contribution in [3.05, 3.63) is 30.1 Å². The molecule has 0 amide bonds. The number of sulfonamides is 1. The highest BCUT2D eigenvalue weighted by molar-refractivity contribution is 7.89. The van der Waals surface area contributed by atoms with Crippen molar-refractivity contribution in [2.75, 3.05) is 18.8 Å². The molecule has 1 aromatic heterocycles. The number of nitrogens with two attached hydrogens (primary N) is 1. The summed E-state index contributed by atoms with van der Waals surface area (Å²) in [6.45, 7) is 4.77. The lowest BCUT2D eigenvalue weighted by Crippen LogP contribution is -2.44. The van der Waals surface area contributed by atoms with E-state index in [0.29, 0.717) is 19.5 Å². The average Bonchev–Trinajstić information content (AvgIpc) is 2.46. The van der Waals surface area contributed by atoms with E-state index in [9.17, 15) is 8.42 Å². The Balaban J connectivity index is 2.77. The van der Waals surface area contributed by atoms with Gasteiger partial charge in [-0.2, -0.15) is 4.31 Å². The second-order valence-electron chi connectivity index (χ2n) is 4.79. The summed E-state index contributed by atoms with van der Waals surface area (Å²) in [5.74, 6) is 0.119. The van der Waals surface area contributed by atoms with Crippen LogP contribution >= 0.6 is 0 Å². The zero-order valence-corrected chi connectivity index (χ0v) is 13.1. The summed E-state index contributed by atoms with van der Waals surface area (Å²) in [4.78, 5) is 3.93. The molecule has 20 heavy (non-hydrogen) atoms. The van der Waals surface area contributed by atoms with Crippen molar-refractivity contribution in [2.45, 2.75) is 39.2 Å². The number of hydrogen-bond acceptors (Lipinski definition) is 4. The van der Waals surface area contributed by atoms with Crippen molar-refractivity contribution in [1.82, 2.24) is 9.29 Å². The number of rotatable bonds is 9. The van der Waals surface area contributed by atoms with Gasteiger partial charge in [-0.3, -0.25) is 4.98 Å². The van der Waals surface area contributed by atoms with E-state index in [1.54, 1.807) is 16.7 Å². The number of aryl methyl sites for hydroxylation is 1. The Bertz CT molecular complexity index is 472. The Labute approximate surface area is 122 Å². The van der Waals surface area contributed by atoms with Gasteiger partial charge in [0.15, 0.2) is 0 Å². The molecule has 1 rings (SSSR count). The monoisotopic (exact) mass is 299 g/mol. The molecule has 0 saturated heterocycles. The first-order chi connectivity index (χ1) is 9.55. The van der Waals surface area contributed by atoms with Gasteiger partial charge in [-0.1, -0.05) is 13.8 Å². The summed E-state index contributed by atoms with van der Waals surface area (Å²) >= 11 is 0. The van der Waals surface area contributed by atoms with Crippen LogP contribution in [0.2, 0.25) is 0 Å². The van der Waals surface area contributed by atoms with Crippen LogP contribution in [-0.2, 0) is 16.4 Å². The first kappa shape index (κ1) is 17.1. The van der Waals surface area contributed by atoms with E-state index in [0.717, 1.165) is 18.4 Å². The summed E-state index contributed by atoms with van der Waals surface area (Å²) < 4.78 is 26.6. The number of hydrogen-bond donors (Lipinski definition) is 1. The maximum absolute atomic E-state index is 12.5. The Hall–Kier alpha value is -0.980. The Kier molecular flexibility index (Phi) is 7.12. The summed E-state index contributed by atoms with van der Waals surface area (Å²) in [5.41, 5.74) is 6.55. The first-order valence-corrected chi connectivity index (χ1v) is 8.74. The van der Waals surface area contributed by atoms with Gasteiger partial charge in [0.1, 0.15) is 0 Å². The van der Waals surface area contributed by atoms with Crippen LogP contribution < -0.4 is 5.73 Å². The van der Waals surface area contributed by atoms with Gasteiger partial charge in [0.2, 0.25) is 10.0 Å². The predicted octanol–water partition coefficient (Wildman–Crippen LogP) is 1.40. The van der Waals surface area contributed by atoms with E-state index in [1.165, 1.54) is 0 Å². The SMILES string of the molecule is CCC(CC)N(CCN)S(=O)(=O)CCc1ccncc1. The van der Waals surface area contributed by atoms with E-state index in [-0.39, 0.29) is 11.8 Å². The lowest BCUT2D eigenvalue weighted by Gasteiger charge is -2.29. The topological polar surface area (TPSA) is 76.3 Å². The Morgan fingerprint density at radius 3 is 2.35 bits per heavy atom. The van der Waals surface area contributed by atoms with E-state index < -0.39 is 10.0 Å². The summed E-state index contributed by atoms with van der Waals surface area (Å²) in [6.07, 6.45) is 5.49. The zero-order chi connectivity index (χ0) is 15.0. The van der Waals surface area contributed by atoms with Crippen LogP contribution in [0.4, 0.5) is 0 Å². The highest BCUT2D eigenvalue weighted by atomic mass is 32.2. The molecular formula is C14H25N3O2S. The van der Waals surface area contributed by atoms with Crippen LogP contribution in [0.25, 0.3) is 0 Å². The third kappa shape index (κ3) is 4.85. The minimum absolute atomic E-state index is 0.0426. The summed E-state index contributed by atoms with van der Waals surface area (Å²) in [7, 11) is -3.27. The smallest absolute Gasteiger partial charge is 0.214 e. The van der Waals surface area contributed by atoms with Crippen molar-refractivity contribution in [2.24, 2.45) is 5.73 Å². The van der Waals surface area contributed by atoms with Crippen LogP contribution in [0.3, 0.4) is 0 Å². The van der Waals surface area contributed by atoms with Crippen LogP contribution in [0.1, 0.15) is 32.3 Å². The van der Waals surface area contributed by atoms with Gasteiger partial charge in [0.05, 0.1) is 5.75 Å². The van der Waals surface area contributed by atoms with Gasteiger partial charge in [0.25, 0.3) is 0 Å². The second kappa shape index (κ2) is 8.34. The van der Waals surface area contributed by atoms with Gasteiger partial charge in [-0.15, -0.1) is 0 Å². The molecule has 0 spiro atoms. The van der Waals surface area contributed by atoms with Crippen LogP contribution in [0.5, 0.6) is 0 Å². The number of nitrogens with zero attached hydrogens (tertiary/aromatic N) is 2. The molecule has 0 saturated carbocycles. The lowest BCUT2D eigenvalue weighted by atomic mass is 10.2. The lowest BCUT2D eigenvalue weighted by molar-refractivity contribution is 0.309. The van der Waals surface area contributed by atoms with Gasteiger partial charge in [-0.05, 0) is 37.0 Å². The largest absolute Gasteiger partial charge is 0.329 e. The summed E-state index contributed by atoms with van der Waals surface area (Å²) in [5, 5.41) is 0. The molecule has 2 N–H and O–H groups in total. The van der Waals surface area contributed by atoms with Crippen LogP contribution in [0, 0.1) is 0 Å². The van der Waals surface area contributed by atoms with Gasteiger partial charge in [-0.25, -0.2) is 8.42 Å². The average molecular weight is 299 g/mol. The Morgan fingerprint density at radius 1 is 1.25 bits per heavy atom. The normalized spacial score (nSPS) is 12.2. The molecule has 0 aliphatic carbocycles. The minimum Gasteiger partial charge on any atom is -0.329 e. The molecule has 0 aromatic carbocycles. The van der Waals surface area contributed by atoms with Crippen LogP contribution in [0.15, 0.2) is 24.5 Å². The van der Waals surface area contributed by atoms with Crippen molar-refractivity contribution < 1.29 is 8.42 Å². The second-order valence-corrected chi connectivity index (χ2v) is 6.83. The number of aromatic nitrogens is 1. The maximum atomic E-state index is 12.5. The van der Waals surface area contributed by atoms with Gasteiger partial charge >= 0.3 is 0 Å². The quantitative estimate of drug-likeness (QED) is 0.748. The maximum Gasteiger partial charge on any atom is 0.214 e. The molecular weight excluding hydrogens is 274 g/mol. The highest BCUT2D eigenvalue weighted by Gasteiger charge is 2.26. The molecule has 0 unspecified atom stereocenters.